The van der Waals surface area contributed by atoms with Crippen LogP contribution in [0.25, 0.3) is 10.9 Å². The fraction of sp³-hybridized carbons (Fsp3) is 0.182. The molecule has 0 amide bonds. The Morgan fingerprint density at radius 2 is 2.15 bits per heavy atom. The third kappa shape index (κ3) is 1.65. The Labute approximate surface area is 82.4 Å². The van der Waals surface area contributed by atoms with Crippen molar-refractivity contribution >= 4 is 22.5 Å². The van der Waals surface area contributed by atoms with E-state index in [0.717, 1.165) is 16.5 Å². The van der Waals surface area contributed by atoms with Gasteiger partial charge in [0.15, 0.2) is 0 Å². The van der Waals surface area contributed by atoms with Gasteiger partial charge in [0.1, 0.15) is 0 Å². The van der Waals surface area contributed by atoms with E-state index in [9.17, 15) is 0 Å². The lowest BCUT2D eigenvalue weighted by molar-refractivity contribution is 1.09. The molecule has 1 atom stereocenters. The molecule has 1 aromatic carbocycles. The van der Waals surface area contributed by atoms with Crippen LogP contribution in [-0.4, -0.2) is 4.98 Å². The van der Waals surface area contributed by atoms with Crippen molar-refractivity contribution in [3.05, 3.63) is 42.1 Å². The Morgan fingerprint density at radius 3 is 2.92 bits per heavy atom. The lowest BCUT2D eigenvalue weighted by Gasteiger charge is -2.03. The largest absolute Gasteiger partial charge is 0.256 e. The molecule has 2 heteroatoms. The van der Waals surface area contributed by atoms with Crippen LogP contribution in [0.15, 0.2) is 36.5 Å². The lowest BCUT2D eigenvalue weighted by atomic mass is 10.1. The maximum atomic E-state index is 5.98. The van der Waals surface area contributed by atoms with Gasteiger partial charge in [-0.1, -0.05) is 18.2 Å². The average molecular weight is 192 g/mol. The van der Waals surface area contributed by atoms with Crippen molar-refractivity contribution in [3.8, 4) is 0 Å². The van der Waals surface area contributed by atoms with Gasteiger partial charge in [0, 0.05) is 11.6 Å². The minimum Gasteiger partial charge on any atom is -0.256 e. The summed E-state index contributed by atoms with van der Waals surface area (Å²) in [6.45, 7) is 1.96. The van der Waals surface area contributed by atoms with Crippen LogP contribution < -0.4 is 0 Å². The number of pyridine rings is 1. The van der Waals surface area contributed by atoms with E-state index >= 15 is 0 Å². The number of hydrogen-bond donors (Lipinski definition) is 0. The van der Waals surface area contributed by atoms with Gasteiger partial charge >= 0.3 is 0 Å². The molecule has 2 rings (SSSR count). The first-order valence-corrected chi connectivity index (χ1v) is 4.70. The highest BCUT2D eigenvalue weighted by Gasteiger charge is 2.01. The molecular formula is C11H10ClN. The summed E-state index contributed by atoms with van der Waals surface area (Å²) in [7, 11) is 0. The van der Waals surface area contributed by atoms with E-state index < -0.39 is 0 Å². The van der Waals surface area contributed by atoms with Crippen molar-refractivity contribution in [2.24, 2.45) is 0 Å². The van der Waals surface area contributed by atoms with E-state index in [1.54, 1.807) is 6.20 Å². The maximum Gasteiger partial charge on any atom is 0.0705 e. The molecule has 1 unspecified atom stereocenters. The first-order valence-electron chi connectivity index (χ1n) is 4.26. The molecule has 0 saturated carbocycles. The maximum absolute atomic E-state index is 5.98. The first-order chi connectivity index (χ1) is 6.27. The third-order valence-electron chi connectivity index (χ3n) is 2.09. The molecule has 0 radical (unpaired) electrons. The van der Waals surface area contributed by atoms with Crippen LogP contribution >= 0.6 is 11.6 Å². The third-order valence-corrected chi connectivity index (χ3v) is 2.34. The molecule has 0 bridgehead atoms. The Balaban J connectivity index is 2.62. The SMILES string of the molecule is CC(Cl)c1ccc2cccnc2c1. The predicted molar refractivity (Wildman–Crippen MR) is 56.0 cm³/mol. The van der Waals surface area contributed by atoms with Crippen molar-refractivity contribution in [2.45, 2.75) is 12.3 Å². The highest BCUT2D eigenvalue weighted by atomic mass is 35.5. The number of hydrogen-bond acceptors (Lipinski definition) is 1. The van der Waals surface area contributed by atoms with Crippen LogP contribution in [0.2, 0.25) is 0 Å². The highest BCUT2D eigenvalue weighted by molar-refractivity contribution is 6.20. The monoisotopic (exact) mass is 191 g/mol. The number of halogens is 1. The Morgan fingerprint density at radius 1 is 1.31 bits per heavy atom. The molecule has 0 aliphatic carbocycles. The minimum atomic E-state index is 0.0476. The second-order valence-electron chi connectivity index (χ2n) is 3.07. The summed E-state index contributed by atoms with van der Waals surface area (Å²) in [5, 5.41) is 1.20. The van der Waals surface area contributed by atoms with E-state index in [1.165, 1.54) is 0 Å². The topological polar surface area (TPSA) is 12.9 Å². The number of fused-ring (bicyclic) bond motifs is 1. The second kappa shape index (κ2) is 3.35. The molecule has 0 saturated heterocycles. The average Bonchev–Trinajstić information content (AvgIpc) is 2.17. The minimum absolute atomic E-state index is 0.0476. The highest BCUT2D eigenvalue weighted by Crippen LogP contribution is 2.22. The quantitative estimate of drug-likeness (QED) is 0.629. The molecular weight excluding hydrogens is 182 g/mol. The van der Waals surface area contributed by atoms with Gasteiger partial charge < -0.3 is 0 Å². The molecule has 1 aromatic heterocycles. The van der Waals surface area contributed by atoms with Gasteiger partial charge in [-0.2, -0.15) is 0 Å². The zero-order valence-corrected chi connectivity index (χ0v) is 8.12. The lowest BCUT2D eigenvalue weighted by Crippen LogP contribution is -1.85. The zero-order valence-electron chi connectivity index (χ0n) is 7.37. The standard InChI is InChI=1S/C11H10ClN/c1-8(12)10-5-4-9-3-2-6-13-11(9)7-10/h2-8H,1H3. The Kier molecular flexibility index (Phi) is 2.19. The zero-order chi connectivity index (χ0) is 9.26. The summed E-state index contributed by atoms with van der Waals surface area (Å²) in [5.41, 5.74) is 2.13. The Bertz CT molecular complexity index is 423. The summed E-state index contributed by atoms with van der Waals surface area (Å²) in [6.07, 6.45) is 1.80. The van der Waals surface area contributed by atoms with E-state index in [4.69, 9.17) is 11.6 Å². The van der Waals surface area contributed by atoms with Crippen molar-refractivity contribution < 1.29 is 0 Å². The molecule has 0 spiro atoms. The summed E-state index contributed by atoms with van der Waals surface area (Å²) in [4.78, 5) is 4.27. The van der Waals surface area contributed by atoms with Crippen molar-refractivity contribution in [1.29, 1.82) is 0 Å². The van der Waals surface area contributed by atoms with Crippen LogP contribution in [0.3, 0.4) is 0 Å². The number of nitrogens with zero attached hydrogens (tertiary/aromatic N) is 1. The van der Waals surface area contributed by atoms with Crippen LogP contribution in [0.4, 0.5) is 0 Å². The van der Waals surface area contributed by atoms with Crippen molar-refractivity contribution in [2.75, 3.05) is 0 Å². The first kappa shape index (κ1) is 8.52. The van der Waals surface area contributed by atoms with Crippen LogP contribution in [-0.2, 0) is 0 Å². The summed E-state index contributed by atoms with van der Waals surface area (Å²) in [6, 6.07) is 10.1. The van der Waals surface area contributed by atoms with Crippen molar-refractivity contribution in [1.82, 2.24) is 4.98 Å². The van der Waals surface area contributed by atoms with Crippen LogP contribution in [0, 0.1) is 0 Å². The van der Waals surface area contributed by atoms with E-state index in [2.05, 4.69) is 11.1 Å². The molecule has 2 aromatic rings. The van der Waals surface area contributed by atoms with Gasteiger partial charge in [-0.25, -0.2) is 0 Å². The fourth-order valence-electron chi connectivity index (χ4n) is 1.33. The molecule has 0 aliphatic rings. The smallest absolute Gasteiger partial charge is 0.0705 e. The van der Waals surface area contributed by atoms with Crippen LogP contribution in [0.5, 0.6) is 0 Å². The van der Waals surface area contributed by atoms with Gasteiger partial charge in [0.25, 0.3) is 0 Å². The number of alkyl halides is 1. The molecule has 66 valence electrons. The molecule has 0 fully saturated rings. The molecule has 0 N–H and O–H groups in total. The van der Waals surface area contributed by atoms with E-state index in [0.29, 0.717) is 0 Å². The van der Waals surface area contributed by atoms with Crippen molar-refractivity contribution in [3.63, 3.8) is 0 Å². The van der Waals surface area contributed by atoms with Crippen LogP contribution in [0.1, 0.15) is 17.9 Å². The van der Waals surface area contributed by atoms with Gasteiger partial charge in [-0.15, -0.1) is 11.6 Å². The summed E-state index contributed by atoms with van der Waals surface area (Å²) < 4.78 is 0. The normalized spacial score (nSPS) is 13.1. The Hall–Kier alpha value is -1.08. The molecule has 13 heavy (non-hydrogen) atoms. The molecule has 0 aliphatic heterocycles. The van der Waals surface area contributed by atoms with Gasteiger partial charge in [0.2, 0.25) is 0 Å². The predicted octanol–water partition coefficient (Wildman–Crippen LogP) is 3.53. The summed E-state index contributed by atoms with van der Waals surface area (Å²) >= 11 is 5.98. The second-order valence-corrected chi connectivity index (χ2v) is 3.73. The molecule has 1 nitrogen and oxygen atoms in total. The van der Waals surface area contributed by atoms with E-state index in [1.807, 2.05) is 31.2 Å². The molecule has 1 heterocycles. The fourth-order valence-corrected chi connectivity index (χ4v) is 1.47. The number of aromatic nitrogens is 1. The number of rotatable bonds is 1. The summed E-state index contributed by atoms with van der Waals surface area (Å²) in [5.74, 6) is 0. The van der Waals surface area contributed by atoms with E-state index in [-0.39, 0.29) is 5.38 Å². The van der Waals surface area contributed by atoms with Gasteiger partial charge in [-0.3, -0.25) is 4.98 Å². The van der Waals surface area contributed by atoms with Gasteiger partial charge in [0.05, 0.1) is 10.9 Å². The van der Waals surface area contributed by atoms with Gasteiger partial charge in [-0.05, 0) is 24.6 Å². The number of benzene rings is 1.